The van der Waals surface area contributed by atoms with Crippen molar-refractivity contribution in [2.75, 3.05) is 33.4 Å². The molecular weight excluding hydrogens is 258 g/mol. The molecule has 2 rings (SSSR count). The maximum absolute atomic E-state index is 11.8. The van der Waals surface area contributed by atoms with E-state index >= 15 is 0 Å². The Morgan fingerprint density at radius 3 is 2.90 bits per heavy atom. The molecule has 1 N–H and O–H groups in total. The van der Waals surface area contributed by atoms with Crippen molar-refractivity contribution >= 4 is 5.97 Å². The van der Waals surface area contributed by atoms with Gasteiger partial charge in [-0.2, -0.15) is 0 Å². The predicted octanol–water partition coefficient (Wildman–Crippen LogP) is 1.85. The number of hydrogen-bond donors (Lipinski definition) is 1. The van der Waals surface area contributed by atoms with Crippen molar-refractivity contribution in [2.24, 2.45) is 0 Å². The van der Waals surface area contributed by atoms with Crippen molar-refractivity contribution < 1.29 is 19.4 Å². The molecule has 0 radical (unpaired) electrons. The normalized spacial score (nSPS) is 18.3. The maximum Gasteiger partial charge on any atom is 0.325 e. The molecule has 1 fully saturated rings. The molecule has 1 atom stereocenters. The number of carboxylic acid groups (broad SMARTS) is 1. The smallest absolute Gasteiger partial charge is 0.325 e. The van der Waals surface area contributed by atoms with Crippen molar-refractivity contribution in [1.82, 2.24) is 4.90 Å². The highest BCUT2D eigenvalue weighted by Gasteiger charge is 2.30. The lowest BCUT2D eigenvalue weighted by atomic mass is 10.0. The van der Waals surface area contributed by atoms with Gasteiger partial charge in [0, 0.05) is 25.3 Å². The number of carboxylic acids is 1. The molecule has 20 heavy (non-hydrogen) atoms. The molecule has 0 spiro atoms. The summed E-state index contributed by atoms with van der Waals surface area (Å²) >= 11 is 0. The molecule has 0 amide bonds. The molecule has 0 aromatic heterocycles. The molecule has 1 unspecified atom stereocenters. The fraction of sp³-hybridized carbons (Fsp3) is 0.533. The summed E-state index contributed by atoms with van der Waals surface area (Å²) in [5.74, 6) is -0.232. The highest BCUT2D eigenvalue weighted by molar-refractivity contribution is 5.77. The molecule has 1 aliphatic rings. The minimum Gasteiger partial charge on any atom is -0.496 e. The summed E-state index contributed by atoms with van der Waals surface area (Å²) in [7, 11) is 1.57. The van der Waals surface area contributed by atoms with Crippen molar-refractivity contribution in [1.29, 1.82) is 0 Å². The van der Waals surface area contributed by atoms with Gasteiger partial charge in [0.15, 0.2) is 0 Å². The van der Waals surface area contributed by atoms with Gasteiger partial charge in [0.2, 0.25) is 0 Å². The van der Waals surface area contributed by atoms with Crippen molar-refractivity contribution in [3.63, 3.8) is 0 Å². The third-order valence-electron chi connectivity index (χ3n) is 3.54. The number of aliphatic carboxylic acids is 1. The van der Waals surface area contributed by atoms with Crippen LogP contribution in [0.3, 0.4) is 0 Å². The van der Waals surface area contributed by atoms with E-state index in [0.29, 0.717) is 37.6 Å². The minimum atomic E-state index is -0.851. The van der Waals surface area contributed by atoms with Gasteiger partial charge in [-0.25, -0.2) is 0 Å². The van der Waals surface area contributed by atoms with Gasteiger partial charge in [-0.15, -0.1) is 0 Å². The van der Waals surface area contributed by atoms with Crippen LogP contribution in [0.2, 0.25) is 0 Å². The summed E-state index contributed by atoms with van der Waals surface area (Å²) in [5, 5.41) is 9.64. The Morgan fingerprint density at radius 1 is 1.40 bits per heavy atom. The molecule has 1 aromatic carbocycles. The number of methoxy groups -OCH3 is 1. The first-order valence-electron chi connectivity index (χ1n) is 6.82. The molecular formula is C15H21NO4. The second-order valence-corrected chi connectivity index (χ2v) is 4.99. The Bertz CT molecular complexity index is 467. The molecule has 0 bridgehead atoms. The number of aryl methyl sites for hydroxylation is 1. The molecule has 1 saturated heterocycles. The Balaban J connectivity index is 2.36. The summed E-state index contributed by atoms with van der Waals surface area (Å²) < 4.78 is 10.7. The predicted molar refractivity (Wildman–Crippen MR) is 75.1 cm³/mol. The second-order valence-electron chi connectivity index (χ2n) is 4.99. The Kier molecular flexibility index (Phi) is 4.98. The van der Waals surface area contributed by atoms with Crippen LogP contribution in [0, 0.1) is 6.92 Å². The van der Waals surface area contributed by atoms with Crippen LogP contribution in [0.5, 0.6) is 5.75 Å². The molecule has 1 aliphatic heterocycles. The van der Waals surface area contributed by atoms with E-state index in [1.165, 1.54) is 0 Å². The number of rotatable bonds is 4. The minimum absolute atomic E-state index is 0.567. The van der Waals surface area contributed by atoms with Crippen LogP contribution in [0.1, 0.15) is 23.6 Å². The lowest BCUT2D eigenvalue weighted by Gasteiger charge is -2.28. The zero-order valence-electron chi connectivity index (χ0n) is 12.0. The first kappa shape index (κ1) is 14.8. The fourth-order valence-electron chi connectivity index (χ4n) is 2.58. The fourth-order valence-corrected chi connectivity index (χ4v) is 2.58. The second kappa shape index (κ2) is 6.72. The standard InChI is InChI=1S/C15H21NO4/c1-11-4-5-13(19-2)12(10-11)14(15(17)18)16-6-3-8-20-9-7-16/h4-5,10,14H,3,6-9H2,1-2H3,(H,17,18). The highest BCUT2D eigenvalue weighted by atomic mass is 16.5. The van der Waals surface area contributed by atoms with Crippen LogP contribution in [-0.2, 0) is 9.53 Å². The third-order valence-corrected chi connectivity index (χ3v) is 3.54. The summed E-state index contributed by atoms with van der Waals surface area (Å²) in [4.78, 5) is 13.7. The zero-order valence-corrected chi connectivity index (χ0v) is 12.0. The lowest BCUT2D eigenvalue weighted by molar-refractivity contribution is -0.143. The number of nitrogens with zero attached hydrogens (tertiary/aromatic N) is 1. The van der Waals surface area contributed by atoms with Crippen molar-refractivity contribution in [3.8, 4) is 5.75 Å². The maximum atomic E-state index is 11.8. The number of hydrogen-bond acceptors (Lipinski definition) is 4. The zero-order chi connectivity index (χ0) is 14.5. The van der Waals surface area contributed by atoms with Gasteiger partial charge in [0.1, 0.15) is 11.8 Å². The summed E-state index contributed by atoms with van der Waals surface area (Å²) in [6, 6.07) is 4.96. The van der Waals surface area contributed by atoms with Crippen LogP contribution in [0.15, 0.2) is 18.2 Å². The van der Waals surface area contributed by atoms with E-state index in [9.17, 15) is 9.90 Å². The number of carbonyl (C=O) groups is 1. The van der Waals surface area contributed by atoms with Crippen LogP contribution in [0.4, 0.5) is 0 Å². The van der Waals surface area contributed by atoms with Gasteiger partial charge in [-0.3, -0.25) is 9.69 Å². The van der Waals surface area contributed by atoms with E-state index in [1.54, 1.807) is 7.11 Å². The third kappa shape index (κ3) is 3.29. The Hall–Kier alpha value is -1.59. The van der Waals surface area contributed by atoms with E-state index in [0.717, 1.165) is 12.0 Å². The molecule has 110 valence electrons. The topological polar surface area (TPSA) is 59.0 Å². The number of ether oxygens (including phenoxy) is 2. The van der Waals surface area contributed by atoms with E-state index < -0.39 is 12.0 Å². The van der Waals surface area contributed by atoms with Crippen molar-refractivity contribution in [3.05, 3.63) is 29.3 Å². The molecule has 5 nitrogen and oxygen atoms in total. The van der Waals surface area contributed by atoms with E-state index in [2.05, 4.69) is 0 Å². The van der Waals surface area contributed by atoms with Crippen LogP contribution in [-0.4, -0.2) is 49.4 Å². The first-order chi connectivity index (χ1) is 9.63. The van der Waals surface area contributed by atoms with Crippen LogP contribution in [0.25, 0.3) is 0 Å². The average Bonchev–Trinajstić information content (AvgIpc) is 2.68. The van der Waals surface area contributed by atoms with Gasteiger partial charge in [0.05, 0.1) is 13.7 Å². The summed E-state index contributed by atoms with van der Waals surface area (Å²) in [6.07, 6.45) is 0.845. The highest BCUT2D eigenvalue weighted by Crippen LogP contribution is 2.31. The molecule has 0 aliphatic carbocycles. The first-order valence-corrected chi connectivity index (χ1v) is 6.82. The van der Waals surface area contributed by atoms with Gasteiger partial charge in [0.25, 0.3) is 0 Å². The van der Waals surface area contributed by atoms with Gasteiger partial charge in [-0.1, -0.05) is 17.7 Å². The van der Waals surface area contributed by atoms with Gasteiger partial charge in [-0.05, 0) is 19.4 Å². The summed E-state index contributed by atoms with van der Waals surface area (Å²) in [5.41, 5.74) is 1.74. The average molecular weight is 279 g/mol. The lowest BCUT2D eigenvalue weighted by Crippen LogP contribution is -2.36. The summed E-state index contributed by atoms with van der Waals surface area (Å²) in [6.45, 7) is 4.54. The van der Waals surface area contributed by atoms with Crippen molar-refractivity contribution in [2.45, 2.75) is 19.4 Å². The van der Waals surface area contributed by atoms with Gasteiger partial charge < -0.3 is 14.6 Å². The molecule has 0 saturated carbocycles. The van der Waals surface area contributed by atoms with Gasteiger partial charge >= 0.3 is 5.97 Å². The molecule has 5 heteroatoms. The van der Waals surface area contributed by atoms with Crippen LogP contribution < -0.4 is 4.74 Å². The Labute approximate surface area is 119 Å². The molecule has 1 heterocycles. The SMILES string of the molecule is COc1ccc(C)cc1C(C(=O)O)N1CCCOCC1. The number of benzene rings is 1. The monoisotopic (exact) mass is 279 g/mol. The van der Waals surface area contributed by atoms with Crippen LogP contribution >= 0.6 is 0 Å². The molecule has 1 aromatic rings. The quantitative estimate of drug-likeness (QED) is 0.911. The van der Waals surface area contributed by atoms with E-state index in [-0.39, 0.29) is 0 Å². The van der Waals surface area contributed by atoms with E-state index in [1.807, 2.05) is 30.0 Å². The largest absolute Gasteiger partial charge is 0.496 e. The Morgan fingerprint density at radius 2 is 2.20 bits per heavy atom. The van der Waals surface area contributed by atoms with E-state index in [4.69, 9.17) is 9.47 Å².